The highest BCUT2D eigenvalue weighted by Gasteiger charge is 2.24. The van der Waals surface area contributed by atoms with Gasteiger partial charge in [-0.25, -0.2) is 4.98 Å². The fourth-order valence-corrected chi connectivity index (χ4v) is 3.47. The van der Waals surface area contributed by atoms with E-state index in [0.717, 1.165) is 31.2 Å². The van der Waals surface area contributed by atoms with E-state index in [1.807, 2.05) is 18.2 Å². The molecule has 0 unspecified atom stereocenters. The van der Waals surface area contributed by atoms with Crippen LogP contribution in [0, 0.1) is 11.3 Å². The summed E-state index contributed by atoms with van der Waals surface area (Å²) in [6.45, 7) is 0. The second-order valence-corrected chi connectivity index (χ2v) is 7.02. The van der Waals surface area contributed by atoms with Gasteiger partial charge in [0.1, 0.15) is 12.2 Å². The van der Waals surface area contributed by atoms with Crippen molar-refractivity contribution in [1.82, 2.24) is 10.3 Å². The minimum Gasteiger partial charge on any atom is -0.493 e. The molecule has 7 nitrogen and oxygen atoms in total. The maximum absolute atomic E-state index is 12.4. The molecule has 2 aromatic rings. The van der Waals surface area contributed by atoms with Crippen molar-refractivity contribution in [2.75, 3.05) is 14.2 Å². The van der Waals surface area contributed by atoms with E-state index >= 15 is 0 Å². The first-order valence-corrected chi connectivity index (χ1v) is 9.64. The largest absolute Gasteiger partial charge is 0.493 e. The van der Waals surface area contributed by atoms with Crippen LogP contribution in [0.5, 0.6) is 17.4 Å². The van der Waals surface area contributed by atoms with Crippen LogP contribution in [-0.2, 0) is 11.2 Å². The summed E-state index contributed by atoms with van der Waals surface area (Å²) < 4.78 is 16.4. The molecule has 152 valence electrons. The molecule has 1 aromatic heterocycles. The molecule has 1 saturated carbocycles. The van der Waals surface area contributed by atoms with Crippen molar-refractivity contribution in [3.63, 3.8) is 0 Å². The Kier molecular flexibility index (Phi) is 6.90. The summed E-state index contributed by atoms with van der Waals surface area (Å²) in [5.74, 6) is 1.79. The van der Waals surface area contributed by atoms with E-state index in [2.05, 4.69) is 10.3 Å². The molecule has 0 bridgehead atoms. The van der Waals surface area contributed by atoms with Crippen LogP contribution < -0.4 is 19.5 Å². The smallest absolute Gasteiger partial charge is 0.224 e. The topological polar surface area (TPSA) is 93.5 Å². The Morgan fingerprint density at radius 1 is 1.14 bits per heavy atom. The van der Waals surface area contributed by atoms with Gasteiger partial charge in [-0.2, -0.15) is 5.26 Å². The zero-order valence-electron chi connectivity index (χ0n) is 16.7. The number of hydrogen-bond acceptors (Lipinski definition) is 6. The summed E-state index contributed by atoms with van der Waals surface area (Å²) in [6, 6.07) is 11.1. The van der Waals surface area contributed by atoms with Gasteiger partial charge >= 0.3 is 0 Å². The number of carbonyl (C=O) groups excluding carboxylic acids is 1. The van der Waals surface area contributed by atoms with Gasteiger partial charge in [0.15, 0.2) is 11.5 Å². The van der Waals surface area contributed by atoms with Gasteiger partial charge in [0, 0.05) is 18.3 Å². The average Bonchev–Trinajstić information content (AvgIpc) is 2.75. The van der Waals surface area contributed by atoms with E-state index in [1.54, 1.807) is 32.4 Å². The van der Waals surface area contributed by atoms with Crippen molar-refractivity contribution in [2.24, 2.45) is 0 Å². The number of hydrogen-bond donors (Lipinski definition) is 1. The van der Waals surface area contributed by atoms with Gasteiger partial charge in [0.2, 0.25) is 11.8 Å². The van der Waals surface area contributed by atoms with Crippen molar-refractivity contribution in [1.29, 1.82) is 5.26 Å². The molecule has 1 heterocycles. The third kappa shape index (κ3) is 5.61. The van der Waals surface area contributed by atoms with Gasteiger partial charge in [-0.05, 0) is 49.4 Å². The maximum atomic E-state index is 12.4. The molecule has 29 heavy (non-hydrogen) atoms. The van der Waals surface area contributed by atoms with Gasteiger partial charge in [0.05, 0.1) is 26.2 Å². The monoisotopic (exact) mass is 395 g/mol. The Hall–Kier alpha value is -3.27. The first-order chi connectivity index (χ1) is 14.1. The fraction of sp³-hybridized carbons (Fsp3) is 0.409. The summed E-state index contributed by atoms with van der Waals surface area (Å²) in [4.78, 5) is 16.6. The van der Waals surface area contributed by atoms with E-state index in [-0.39, 0.29) is 18.1 Å². The number of nitrogens with zero attached hydrogens (tertiary/aromatic N) is 2. The molecule has 1 N–H and O–H groups in total. The number of pyridine rings is 1. The van der Waals surface area contributed by atoms with Gasteiger partial charge in [0.25, 0.3) is 0 Å². The van der Waals surface area contributed by atoms with Crippen LogP contribution in [0.4, 0.5) is 0 Å². The zero-order chi connectivity index (χ0) is 20.6. The highest BCUT2D eigenvalue weighted by Crippen LogP contribution is 2.28. The quantitative estimate of drug-likeness (QED) is 0.775. The van der Waals surface area contributed by atoms with Crippen LogP contribution >= 0.6 is 0 Å². The molecule has 0 aliphatic heterocycles. The van der Waals surface area contributed by atoms with E-state index in [1.165, 1.54) is 6.20 Å². The van der Waals surface area contributed by atoms with Crippen molar-refractivity contribution in [3.8, 4) is 23.4 Å². The predicted molar refractivity (Wildman–Crippen MR) is 107 cm³/mol. The zero-order valence-corrected chi connectivity index (χ0v) is 16.7. The first kappa shape index (κ1) is 20.5. The Bertz CT molecular complexity index is 869. The standard InChI is InChI=1S/C22H25N3O4/c1-27-19-9-3-15(11-20(19)28-2)12-21(26)25-17-5-7-18(8-6-17)29-22-10-4-16(13-23)14-24-22/h3-4,9-11,14,17-18H,5-8,12H2,1-2H3,(H,25,26). The molecule has 0 spiro atoms. The van der Waals surface area contributed by atoms with Gasteiger partial charge in [-0.15, -0.1) is 0 Å². The van der Waals surface area contributed by atoms with E-state index in [0.29, 0.717) is 29.4 Å². The number of nitrogens with one attached hydrogen (secondary N) is 1. The minimum atomic E-state index is -0.00431. The highest BCUT2D eigenvalue weighted by atomic mass is 16.5. The van der Waals surface area contributed by atoms with E-state index in [4.69, 9.17) is 19.5 Å². The molecule has 3 rings (SSSR count). The number of carbonyl (C=O) groups is 1. The van der Waals surface area contributed by atoms with Crippen molar-refractivity contribution in [2.45, 2.75) is 44.2 Å². The lowest BCUT2D eigenvalue weighted by Crippen LogP contribution is -2.40. The molecule has 1 aromatic carbocycles. The lowest BCUT2D eigenvalue weighted by Gasteiger charge is -2.29. The molecule has 0 radical (unpaired) electrons. The number of benzene rings is 1. The van der Waals surface area contributed by atoms with Gasteiger partial charge < -0.3 is 19.5 Å². The highest BCUT2D eigenvalue weighted by molar-refractivity contribution is 5.79. The molecule has 1 amide bonds. The van der Waals surface area contributed by atoms with Crippen LogP contribution in [0.25, 0.3) is 0 Å². The third-order valence-corrected chi connectivity index (χ3v) is 5.00. The summed E-state index contributed by atoms with van der Waals surface area (Å²) in [6.07, 6.45) is 5.30. The van der Waals surface area contributed by atoms with Crippen molar-refractivity contribution < 1.29 is 19.0 Å². The molecule has 1 fully saturated rings. The molecule has 7 heteroatoms. The van der Waals surface area contributed by atoms with Crippen LogP contribution in [0.2, 0.25) is 0 Å². The number of aromatic nitrogens is 1. The van der Waals surface area contributed by atoms with Crippen molar-refractivity contribution in [3.05, 3.63) is 47.7 Å². The summed E-state index contributed by atoms with van der Waals surface area (Å²) >= 11 is 0. The summed E-state index contributed by atoms with van der Waals surface area (Å²) in [5.41, 5.74) is 1.39. The number of rotatable bonds is 7. The molecular formula is C22H25N3O4. The Morgan fingerprint density at radius 2 is 1.90 bits per heavy atom. The number of methoxy groups -OCH3 is 2. The molecule has 1 aliphatic rings. The lowest BCUT2D eigenvalue weighted by atomic mass is 9.92. The van der Waals surface area contributed by atoms with Crippen molar-refractivity contribution >= 4 is 5.91 Å². The molecule has 0 saturated heterocycles. The Morgan fingerprint density at radius 3 is 2.52 bits per heavy atom. The second-order valence-electron chi connectivity index (χ2n) is 7.02. The van der Waals surface area contributed by atoms with E-state index < -0.39 is 0 Å². The molecular weight excluding hydrogens is 370 g/mol. The minimum absolute atomic E-state index is 0.00431. The molecule has 1 aliphatic carbocycles. The number of ether oxygens (including phenoxy) is 3. The van der Waals surface area contributed by atoms with Crippen LogP contribution in [0.3, 0.4) is 0 Å². The Labute approximate surface area is 170 Å². The van der Waals surface area contributed by atoms with Crippen LogP contribution in [0.1, 0.15) is 36.8 Å². The molecule has 0 atom stereocenters. The first-order valence-electron chi connectivity index (χ1n) is 9.64. The maximum Gasteiger partial charge on any atom is 0.224 e. The second kappa shape index (κ2) is 9.78. The van der Waals surface area contributed by atoms with Gasteiger partial charge in [-0.3, -0.25) is 4.79 Å². The van der Waals surface area contributed by atoms with E-state index in [9.17, 15) is 4.79 Å². The number of nitriles is 1. The average molecular weight is 395 g/mol. The Balaban J connectivity index is 1.45. The predicted octanol–water partition coefficient (Wildman–Crippen LogP) is 3.02. The SMILES string of the molecule is COc1ccc(CC(=O)NC2CCC(Oc3ccc(C#N)cn3)CC2)cc1OC. The normalized spacial score (nSPS) is 18.4. The third-order valence-electron chi connectivity index (χ3n) is 5.00. The fourth-order valence-electron chi connectivity index (χ4n) is 3.47. The van der Waals surface area contributed by atoms with Crippen LogP contribution in [-0.4, -0.2) is 37.3 Å². The lowest BCUT2D eigenvalue weighted by molar-refractivity contribution is -0.121. The van der Waals surface area contributed by atoms with Gasteiger partial charge in [-0.1, -0.05) is 6.07 Å². The summed E-state index contributed by atoms with van der Waals surface area (Å²) in [5, 5.41) is 11.9. The van der Waals surface area contributed by atoms with Crippen LogP contribution in [0.15, 0.2) is 36.5 Å². The number of amides is 1. The summed E-state index contributed by atoms with van der Waals surface area (Å²) in [7, 11) is 3.16.